The van der Waals surface area contributed by atoms with E-state index in [4.69, 9.17) is 14.2 Å². The van der Waals surface area contributed by atoms with Crippen LogP contribution in [0.1, 0.15) is 32.1 Å². The Hall–Kier alpha value is -1.80. The average molecular weight is 369 g/mol. The summed E-state index contributed by atoms with van der Waals surface area (Å²) in [6, 6.07) is 4.57. The maximum absolute atomic E-state index is 13.4. The number of ether oxygens (including phenoxy) is 3. The van der Waals surface area contributed by atoms with Crippen LogP contribution in [0, 0.1) is 0 Å². The number of carbonyl (C=O) groups excluding carboxylic acids is 1. The zero-order valence-electron chi connectivity index (χ0n) is 14.5. The summed E-state index contributed by atoms with van der Waals surface area (Å²) in [7, 11) is -1.01. The fourth-order valence-corrected chi connectivity index (χ4v) is 5.62. The molecule has 0 N–H and O–H groups in total. The van der Waals surface area contributed by atoms with Gasteiger partial charge in [0.1, 0.15) is 28.5 Å². The Morgan fingerprint density at radius 2 is 1.84 bits per heavy atom. The van der Waals surface area contributed by atoms with Crippen LogP contribution >= 0.6 is 0 Å². The molecule has 0 amide bonds. The molecule has 1 aromatic rings. The van der Waals surface area contributed by atoms with Gasteiger partial charge in [0.25, 0.3) is 0 Å². The van der Waals surface area contributed by atoms with Gasteiger partial charge >= 0.3 is 5.97 Å². The van der Waals surface area contributed by atoms with E-state index in [2.05, 4.69) is 0 Å². The standard InChI is InChI=1S/C17H23NO6S/c1-22-13-6-7-15(14(12-13)23-2)25(20,21)18-10-11-24-16(19)17(18)8-4-3-5-9-17/h6-7,12H,3-5,8-11H2,1-2H3. The van der Waals surface area contributed by atoms with Crippen molar-refractivity contribution in [2.45, 2.75) is 42.5 Å². The number of benzene rings is 1. The first-order chi connectivity index (χ1) is 12.0. The quantitative estimate of drug-likeness (QED) is 0.755. The normalized spacial score (nSPS) is 21.0. The smallest absolute Gasteiger partial charge is 0.327 e. The third-order valence-electron chi connectivity index (χ3n) is 5.00. The highest BCUT2D eigenvalue weighted by molar-refractivity contribution is 7.89. The topological polar surface area (TPSA) is 82.1 Å². The molecule has 2 fully saturated rings. The van der Waals surface area contributed by atoms with Crippen molar-refractivity contribution >= 4 is 16.0 Å². The van der Waals surface area contributed by atoms with E-state index in [9.17, 15) is 13.2 Å². The number of cyclic esters (lactones) is 1. The lowest BCUT2D eigenvalue weighted by atomic mass is 9.81. The molecule has 1 saturated carbocycles. The molecule has 0 atom stereocenters. The molecule has 1 saturated heterocycles. The number of rotatable bonds is 4. The lowest BCUT2D eigenvalue weighted by molar-refractivity contribution is -0.165. The number of methoxy groups -OCH3 is 2. The van der Waals surface area contributed by atoms with Gasteiger partial charge in [-0.05, 0) is 25.0 Å². The van der Waals surface area contributed by atoms with Crippen LogP contribution in [-0.4, -0.2) is 51.6 Å². The Morgan fingerprint density at radius 1 is 1.12 bits per heavy atom. The van der Waals surface area contributed by atoms with E-state index < -0.39 is 21.5 Å². The number of sulfonamides is 1. The van der Waals surface area contributed by atoms with Crippen LogP contribution in [0.25, 0.3) is 0 Å². The van der Waals surface area contributed by atoms with Gasteiger partial charge in [-0.1, -0.05) is 19.3 Å². The van der Waals surface area contributed by atoms with Crippen molar-refractivity contribution in [2.24, 2.45) is 0 Å². The van der Waals surface area contributed by atoms with E-state index in [-0.39, 0.29) is 23.8 Å². The zero-order valence-corrected chi connectivity index (χ0v) is 15.3. The van der Waals surface area contributed by atoms with Crippen molar-refractivity contribution in [3.8, 4) is 11.5 Å². The second-order valence-corrected chi connectivity index (χ2v) is 8.15. The van der Waals surface area contributed by atoms with Gasteiger partial charge in [0, 0.05) is 12.6 Å². The minimum Gasteiger partial charge on any atom is -0.497 e. The zero-order chi connectivity index (χ0) is 18.1. The minimum atomic E-state index is -3.92. The monoisotopic (exact) mass is 369 g/mol. The summed E-state index contributed by atoms with van der Waals surface area (Å²) in [5.74, 6) is 0.264. The Labute approximate surface area is 147 Å². The van der Waals surface area contributed by atoms with Crippen LogP contribution in [-0.2, 0) is 19.6 Å². The van der Waals surface area contributed by atoms with Crippen LogP contribution in [0.5, 0.6) is 11.5 Å². The van der Waals surface area contributed by atoms with Crippen molar-refractivity contribution in [2.75, 3.05) is 27.4 Å². The van der Waals surface area contributed by atoms with Gasteiger partial charge < -0.3 is 14.2 Å². The van der Waals surface area contributed by atoms with E-state index >= 15 is 0 Å². The summed E-state index contributed by atoms with van der Waals surface area (Å²) in [6.07, 6.45) is 3.59. The molecule has 8 heteroatoms. The molecule has 3 rings (SSSR count). The Morgan fingerprint density at radius 3 is 2.48 bits per heavy atom. The largest absolute Gasteiger partial charge is 0.497 e. The fraction of sp³-hybridized carbons (Fsp3) is 0.588. The van der Waals surface area contributed by atoms with E-state index in [0.29, 0.717) is 18.6 Å². The highest BCUT2D eigenvalue weighted by Gasteiger charge is 2.53. The number of hydrogen-bond acceptors (Lipinski definition) is 6. The molecule has 1 aromatic carbocycles. The Bertz CT molecular complexity index is 754. The van der Waals surface area contributed by atoms with Gasteiger partial charge in [0.05, 0.1) is 14.2 Å². The molecule has 0 aromatic heterocycles. The van der Waals surface area contributed by atoms with E-state index in [1.54, 1.807) is 6.07 Å². The minimum absolute atomic E-state index is 0.0375. The SMILES string of the molecule is COc1ccc(S(=O)(=O)N2CCOC(=O)C23CCCCC3)c(OC)c1. The van der Waals surface area contributed by atoms with Gasteiger partial charge in [0.15, 0.2) is 0 Å². The van der Waals surface area contributed by atoms with Crippen molar-refractivity contribution in [3.05, 3.63) is 18.2 Å². The lowest BCUT2D eigenvalue weighted by Gasteiger charge is -2.45. The molecular formula is C17H23NO6S. The summed E-state index contributed by atoms with van der Waals surface area (Å²) in [6.45, 7) is 0.224. The second kappa shape index (κ2) is 6.84. The van der Waals surface area contributed by atoms with Gasteiger partial charge in [-0.25, -0.2) is 8.42 Å². The van der Waals surface area contributed by atoms with Crippen LogP contribution in [0.2, 0.25) is 0 Å². The molecule has 1 heterocycles. The molecule has 1 spiro atoms. The molecular weight excluding hydrogens is 346 g/mol. The number of carbonyl (C=O) groups is 1. The van der Waals surface area contributed by atoms with Gasteiger partial charge in [-0.2, -0.15) is 4.31 Å². The van der Waals surface area contributed by atoms with Crippen LogP contribution < -0.4 is 9.47 Å². The average Bonchev–Trinajstić information content (AvgIpc) is 2.64. The maximum Gasteiger partial charge on any atom is 0.327 e. The summed E-state index contributed by atoms with van der Waals surface area (Å²) in [5.41, 5.74) is -1.10. The number of hydrogen-bond donors (Lipinski definition) is 0. The van der Waals surface area contributed by atoms with Gasteiger partial charge in [-0.3, -0.25) is 4.79 Å². The van der Waals surface area contributed by atoms with Crippen molar-refractivity contribution in [1.82, 2.24) is 4.31 Å². The first-order valence-electron chi connectivity index (χ1n) is 8.38. The summed E-state index contributed by atoms with van der Waals surface area (Å²) in [5, 5.41) is 0. The predicted octanol–water partition coefficient (Wildman–Crippen LogP) is 1.95. The second-order valence-electron chi connectivity index (χ2n) is 6.32. The molecule has 25 heavy (non-hydrogen) atoms. The molecule has 138 valence electrons. The number of esters is 1. The molecule has 0 radical (unpaired) electrons. The maximum atomic E-state index is 13.4. The van der Waals surface area contributed by atoms with Crippen LogP contribution in [0.3, 0.4) is 0 Å². The highest BCUT2D eigenvalue weighted by atomic mass is 32.2. The summed E-state index contributed by atoms with van der Waals surface area (Å²) in [4.78, 5) is 12.6. The summed E-state index contributed by atoms with van der Waals surface area (Å²) < 4.78 is 43.7. The third kappa shape index (κ3) is 2.97. The molecule has 0 bridgehead atoms. The summed E-state index contributed by atoms with van der Waals surface area (Å²) >= 11 is 0. The van der Waals surface area contributed by atoms with E-state index in [1.165, 1.54) is 30.7 Å². The van der Waals surface area contributed by atoms with Crippen LogP contribution in [0.15, 0.2) is 23.1 Å². The van der Waals surface area contributed by atoms with Crippen LogP contribution in [0.4, 0.5) is 0 Å². The highest BCUT2D eigenvalue weighted by Crippen LogP contribution is 2.41. The number of nitrogens with zero attached hydrogens (tertiary/aromatic N) is 1. The van der Waals surface area contributed by atoms with Gasteiger partial charge in [-0.15, -0.1) is 0 Å². The lowest BCUT2D eigenvalue weighted by Crippen LogP contribution is -2.62. The first kappa shape index (κ1) is 18.0. The molecule has 1 aliphatic carbocycles. The van der Waals surface area contributed by atoms with E-state index in [1.807, 2.05) is 0 Å². The molecule has 2 aliphatic rings. The van der Waals surface area contributed by atoms with Crippen molar-refractivity contribution in [3.63, 3.8) is 0 Å². The molecule has 0 unspecified atom stereocenters. The third-order valence-corrected chi connectivity index (χ3v) is 7.01. The van der Waals surface area contributed by atoms with Crippen molar-refractivity contribution in [1.29, 1.82) is 0 Å². The Balaban J connectivity index is 2.07. The van der Waals surface area contributed by atoms with E-state index in [0.717, 1.165) is 19.3 Å². The Kier molecular flexibility index (Phi) is 4.92. The fourth-order valence-electron chi connectivity index (χ4n) is 3.72. The van der Waals surface area contributed by atoms with Crippen molar-refractivity contribution < 1.29 is 27.4 Å². The molecule has 7 nitrogen and oxygen atoms in total. The first-order valence-corrected chi connectivity index (χ1v) is 9.82. The van der Waals surface area contributed by atoms with Gasteiger partial charge in [0.2, 0.25) is 10.0 Å². The number of morpholine rings is 1. The molecule has 1 aliphatic heterocycles. The predicted molar refractivity (Wildman–Crippen MR) is 90.2 cm³/mol.